The fraction of sp³-hybridized carbons (Fsp3) is 0.419. The summed E-state index contributed by atoms with van der Waals surface area (Å²) < 4.78 is 27.0. The number of rotatable bonds is 14. The lowest BCUT2D eigenvalue weighted by atomic mass is 9.64. The molecule has 2 aliphatic rings. The van der Waals surface area contributed by atoms with E-state index in [1.165, 1.54) is 18.6 Å². The van der Waals surface area contributed by atoms with Crippen molar-refractivity contribution in [1.82, 2.24) is 20.9 Å². The number of nitrogens with zero attached hydrogens (tertiary/aromatic N) is 4. The lowest BCUT2D eigenvalue weighted by Gasteiger charge is -2.50. The monoisotopic (exact) mass is 563 g/mol. The third kappa shape index (κ3) is 8.28. The highest BCUT2D eigenvalue weighted by molar-refractivity contribution is 6.10. The number of aliphatic imine (C=N–C) groups is 1. The smallest absolute Gasteiger partial charge is 0.209 e. The van der Waals surface area contributed by atoms with E-state index >= 15 is 0 Å². The van der Waals surface area contributed by atoms with Gasteiger partial charge in [0.25, 0.3) is 0 Å². The van der Waals surface area contributed by atoms with Crippen molar-refractivity contribution in [2.24, 2.45) is 4.99 Å². The van der Waals surface area contributed by atoms with Gasteiger partial charge in [0.15, 0.2) is 0 Å². The Morgan fingerprint density at radius 3 is 2.78 bits per heavy atom. The van der Waals surface area contributed by atoms with Crippen LogP contribution in [0.4, 0.5) is 14.5 Å². The minimum atomic E-state index is -0.603. The van der Waals surface area contributed by atoms with Gasteiger partial charge < -0.3 is 10.2 Å². The topological polar surface area (TPSA) is 105 Å². The van der Waals surface area contributed by atoms with Crippen molar-refractivity contribution >= 4 is 17.8 Å². The first kappa shape index (κ1) is 31.6. The fourth-order valence-electron chi connectivity index (χ4n) is 4.98. The summed E-state index contributed by atoms with van der Waals surface area (Å²) in [5.74, 6) is -0.516. The second-order valence-electron chi connectivity index (χ2n) is 10.2. The van der Waals surface area contributed by atoms with Gasteiger partial charge in [0, 0.05) is 24.3 Å². The van der Waals surface area contributed by atoms with Gasteiger partial charge in [0.05, 0.1) is 48.1 Å². The second-order valence-corrected chi connectivity index (χ2v) is 10.2. The molecule has 0 saturated heterocycles. The number of amides is 1. The highest BCUT2D eigenvalue weighted by atomic mass is 19.1. The number of nitrogens with one attached hydrogen (secondary N) is 3. The molecular weight excluding hydrogens is 524 g/mol. The molecule has 1 aromatic rings. The van der Waals surface area contributed by atoms with Crippen molar-refractivity contribution in [3.63, 3.8) is 0 Å². The van der Waals surface area contributed by atoms with Gasteiger partial charge in [-0.15, -0.1) is 0 Å². The van der Waals surface area contributed by atoms with E-state index in [1.807, 2.05) is 24.0 Å². The van der Waals surface area contributed by atoms with Gasteiger partial charge in [-0.1, -0.05) is 13.0 Å². The third-order valence-corrected chi connectivity index (χ3v) is 7.45. The van der Waals surface area contributed by atoms with E-state index in [0.717, 1.165) is 43.0 Å². The third-order valence-electron chi connectivity index (χ3n) is 7.45. The minimum absolute atomic E-state index is 0.00170. The van der Waals surface area contributed by atoms with Gasteiger partial charge in [-0.2, -0.15) is 5.26 Å². The number of pyridine rings is 1. The molecule has 41 heavy (non-hydrogen) atoms. The number of hydrogen-bond donors (Lipinski definition) is 3. The van der Waals surface area contributed by atoms with Crippen LogP contribution in [0.2, 0.25) is 0 Å². The summed E-state index contributed by atoms with van der Waals surface area (Å²) in [4.78, 5) is 22.5. The average Bonchev–Trinajstić information content (AvgIpc) is 2.96. The maximum Gasteiger partial charge on any atom is 0.209 e. The minimum Gasteiger partial charge on any atom is -0.353 e. The van der Waals surface area contributed by atoms with E-state index in [2.05, 4.69) is 46.9 Å². The number of allylic oxidation sites excluding steroid dienone is 5. The molecule has 0 radical (unpaired) electrons. The molecule has 0 spiro atoms. The van der Waals surface area contributed by atoms with Crippen molar-refractivity contribution in [3.8, 4) is 6.07 Å². The predicted molar refractivity (Wildman–Crippen MR) is 159 cm³/mol. The molecule has 3 unspecified atom stereocenters. The van der Waals surface area contributed by atoms with Crippen LogP contribution < -0.4 is 20.9 Å². The zero-order valence-electron chi connectivity index (χ0n) is 24.1. The standard InChI is InChI=1S/C31H39F2N7O/c1-5-23(4)38-29-15-27-9-11-31(27,16-24(29)6-2)39-30(37-21-41)36-20-40(28-8-7-13-35-18-28)19-26(14-22(3)33)25(17-34)10-12-32/h6-8,10,12-15,18,21,23,30,36,39H,5,9,11,16,19-20H2,1-4H3,(H,37,41)/b12-10+,22-14+,24-6-,26-25-,38-29-. The van der Waals surface area contributed by atoms with Crippen molar-refractivity contribution in [2.75, 3.05) is 18.1 Å². The molecule has 1 fully saturated rings. The predicted octanol–water partition coefficient (Wildman–Crippen LogP) is 5.28. The Kier molecular flexibility index (Phi) is 11.7. The Labute approximate surface area is 241 Å². The lowest BCUT2D eigenvalue weighted by Crippen LogP contribution is -2.66. The molecule has 2 aliphatic carbocycles. The SMILES string of the molecule is C/C=C1/CC2(NC(NC=O)NCN(CC(/C=C(\C)F)=C(C#N)/C=C/F)c3cccnc3)CCC2=C/C1=N/C(C)CC. The summed E-state index contributed by atoms with van der Waals surface area (Å²) in [6.45, 7) is 7.79. The Morgan fingerprint density at radius 1 is 1.41 bits per heavy atom. The fourth-order valence-corrected chi connectivity index (χ4v) is 4.98. The Hall–Kier alpha value is -3.94. The van der Waals surface area contributed by atoms with Crippen LogP contribution in [-0.4, -0.2) is 48.2 Å². The normalized spacial score (nSPS) is 22.8. The molecule has 10 heteroatoms. The van der Waals surface area contributed by atoms with Crippen molar-refractivity contribution in [2.45, 2.75) is 71.2 Å². The Balaban J connectivity index is 1.87. The Morgan fingerprint density at radius 2 is 2.22 bits per heavy atom. The molecule has 1 heterocycles. The van der Waals surface area contributed by atoms with Crippen LogP contribution in [0.15, 0.2) is 88.3 Å². The zero-order valence-corrected chi connectivity index (χ0v) is 24.1. The molecule has 3 N–H and O–H groups in total. The van der Waals surface area contributed by atoms with Crippen LogP contribution in [-0.2, 0) is 4.79 Å². The number of aromatic nitrogens is 1. The summed E-state index contributed by atoms with van der Waals surface area (Å²) in [6.07, 6.45) is 13.6. The molecule has 1 saturated carbocycles. The molecule has 0 aromatic carbocycles. The summed E-state index contributed by atoms with van der Waals surface area (Å²) in [5, 5.41) is 19.3. The number of anilines is 1. The highest BCUT2D eigenvalue weighted by Gasteiger charge is 2.46. The van der Waals surface area contributed by atoms with Crippen molar-refractivity contribution < 1.29 is 13.6 Å². The lowest BCUT2D eigenvalue weighted by molar-refractivity contribution is -0.110. The first-order valence-electron chi connectivity index (χ1n) is 13.8. The number of nitriles is 1. The quantitative estimate of drug-likeness (QED) is 0.123. The van der Waals surface area contributed by atoms with E-state index in [0.29, 0.717) is 17.7 Å². The largest absolute Gasteiger partial charge is 0.353 e. The molecule has 1 amide bonds. The molecule has 218 valence electrons. The molecule has 0 aliphatic heterocycles. The molecular formula is C31H39F2N7O. The van der Waals surface area contributed by atoms with Gasteiger partial charge in [-0.05, 0) is 93.5 Å². The van der Waals surface area contributed by atoms with Gasteiger partial charge in [-0.3, -0.25) is 25.4 Å². The van der Waals surface area contributed by atoms with Gasteiger partial charge in [0.1, 0.15) is 6.29 Å². The number of carbonyl (C=O) groups is 1. The zero-order chi connectivity index (χ0) is 29.8. The summed E-state index contributed by atoms with van der Waals surface area (Å²) in [5.41, 5.74) is 4.10. The van der Waals surface area contributed by atoms with Crippen LogP contribution >= 0.6 is 0 Å². The maximum atomic E-state index is 14.0. The molecule has 0 bridgehead atoms. The number of halogens is 2. The Bertz CT molecular complexity index is 1290. The van der Waals surface area contributed by atoms with E-state index in [1.54, 1.807) is 18.5 Å². The maximum absolute atomic E-state index is 14.0. The van der Waals surface area contributed by atoms with Gasteiger partial charge in [-0.25, -0.2) is 8.78 Å². The van der Waals surface area contributed by atoms with Crippen LogP contribution in [0.3, 0.4) is 0 Å². The first-order chi connectivity index (χ1) is 19.8. The van der Waals surface area contributed by atoms with Crippen LogP contribution in [0, 0.1) is 11.3 Å². The second kappa shape index (κ2) is 15.2. The van der Waals surface area contributed by atoms with E-state index in [-0.39, 0.29) is 36.7 Å². The van der Waals surface area contributed by atoms with E-state index < -0.39 is 12.1 Å². The van der Waals surface area contributed by atoms with Crippen molar-refractivity contribution in [1.29, 1.82) is 5.26 Å². The van der Waals surface area contributed by atoms with Crippen molar-refractivity contribution in [3.05, 3.63) is 83.3 Å². The van der Waals surface area contributed by atoms with Gasteiger partial charge in [0.2, 0.25) is 6.41 Å². The van der Waals surface area contributed by atoms with Crippen LogP contribution in [0.5, 0.6) is 0 Å². The molecule has 8 nitrogen and oxygen atoms in total. The summed E-state index contributed by atoms with van der Waals surface area (Å²) in [7, 11) is 0. The van der Waals surface area contributed by atoms with E-state index in [4.69, 9.17) is 4.99 Å². The number of fused-ring (bicyclic) bond motifs is 1. The number of hydrogen-bond acceptors (Lipinski definition) is 7. The average molecular weight is 564 g/mol. The van der Waals surface area contributed by atoms with Crippen LogP contribution in [0.25, 0.3) is 0 Å². The highest BCUT2D eigenvalue weighted by Crippen LogP contribution is 2.46. The molecule has 3 atom stereocenters. The molecule has 1 aromatic heterocycles. The first-order valence-corrected chi connectivity index (χ1v) is 13.8. The summed E-state index contributed by atoms with van der Waals surface area (Å²) >= 11 is 0. The molecule has 3 rings (SSSR count). The number of carbonyl (C=O) groups excluding carboxylic acids is 1. The van der Waals surface area contributed by atoms with Crippen LogP contribution in [0.1, 0.15) is 53.4 Å². The summed E-state index contributed by atoms with van der Waals surface area (Å²) in [6, 6.07) is 5.76. The van der Waals surface area contributed by atoms with E-state index in [9.17, 15) is 18.8 Å². The van der Waals surface area contributed by atoms with Gasteiger partial charge >= 0.3 is 0 Å².